The van der Waals surface area contributed by atoms with Crippen LogP contribution in [-0.2, 0) is 20.8 Å². The van der Waals surface area contributed by atoms with Crippen molar-refractivity contribution in [1.82, 2.24) is 15.5 Å². The van der Waals surface area contributed by atoms with Crippen LogP contribution in [0, 0.1) is 5.92 Å². The molecule has 2 rings (SSSR count). The number of aliphatic hydroxyl groups excluding tert-OH is 1. The standard InChI is InChI=1S/C20H28N4O5/c1-14(27)22-18(13-26)12-15-2-4-17(5-3-15)23-20(29)24-9-6-16(7-10-24)19(28)21-8-11-25/h2-5,13,16,18,25H,6-12H2,1H3,(H,21,28)(H,22,27)(H,23,29). The van der Waals surface area contributed by atoms with Crippen LogP contribution in [0.15, 0.2) is 24.3 Å². The number of aliphatic hydroxyl groups is 1. The van der Waals surface area contributed by atoms with Crippen molar-refractivity contribution in [2.24, 2.45) is 5.92 Å². The largest absolute Gasteiger partial charge is 0.395 e. The van der Waals surface area contributed by atoms with Crippen LogP contribution in [0.3, 0.4) is 0 Å². The van der Waals surface area contributed by atoms with E-state index in [9.17, 15) is 19.2 Å². The molecule has 1 heterocycles. The van der Waals surface area contributed by atoms with Gasteiger partial charge < -0.3 is 30.8 Å². The van der Waals surface area contributed by atoms with Gasteiger partial charge in [0.1, 0.15) is 6.29 Å². The van der Waals surface area contributed by atoms with Crippen LogP contribution in [0.1, 0.15) is 25.3 Å². The maximum Gasteiger partial charge on any atom is 0.321 e. The Balaban J connectivity index is 1.81. The quantitative estimate of drug-likeness (QED) is 0.463. The van der Waals surface area contributed by atoms with Gasteiger partial charge in [0.25, 0.3) is 0 Å². The number of carbonyl (C=O) groups is 4. The highest BCUT2D eigenvalue weighted by Crippen LogP contribution is 2.19. The fraction of sp³-hybridized carbons (Fsp3) is 0.500. The molecule has 1 aromatic carbocycles. The van der Waals surface area contributed by atoms with Gasteiger partial charge in [-0.05, 0) is 37.0 Å². The van der Waals surface area contributed by atoms with Gasteiger partial charge in [0.15, 0.2) is 0 Å². The van der Waals surface area contributed by atoms with Gasteiger partial charge in [-0.15, -0.1) is 0 Å². The number of rotatable bonds is 8. The summed E-state index contributed by atoms with van der Waals surface area (Å²) in [6, 6.07) is 6.28. The lowest BCUT2D eigenvalue weighted by molar-refractivity contribution is -0.126. The Bertz CT molecular complexity index is 714. The molecule has 0 aliphatic carbocycles. The molecule has 4 amide bonds. The second-order valence-electron chi connectivity index (χ2n) is 7.05. The zero-order valence-electron chi connectivity index (χ0n) is 16.5. The van der Waals surface area contributed by atoms with Crippen molar-refractivity contribution < 1.29 is 24.3 Å². The Labute approximate surface area is 169 Å². The van der Waals surface area contributed by atoms with Crippen LogP contribution >= 0.6 is 0 Å². The molecule has 0 spiro atoms. The minimum atomic E-state index is -0.580. The monoisotopic (exact) mass is 404 g/mol. The molecule has 0 bridgehead atoms. The fourth-order valence-corrected chi connectivity index (χ4v) is 3.24. The summed E-state index contributed by atoms with van der Waals surface area (Å²) in [5.74, 6) is -0.484. The molecule has 9 nitrogen and oxygen atoms in total. The van der Waals surface area contributed by atoms with E-state index in [0.29, 0.717) is 44.3 Å². The Morgan fingerprint density at radius 1 is 1.21 bits per heavy atom. The smallest absolute Gasteiger partial charge is 0.321 e. The average molecular weight is 404 g/mol. The Morgan fingerprint density at radius 2 is 1.86 bits per heavy atom. The molecule has 0 aromatic heterocycles. The molecular weight excluding hydrogens is 376 g/mol. The van der Waals surface area contributed by atoms with E-state index in [1.807, 2.05) is 0 Å². The van der Waals surface area contributed by atoms with Crippen molar-refractivity contribution in [1.29, 1.82) is 0 Å². The van der Waals surface area contributed by atoms with Gasteiger partial charge >= 0.3 is 6.03 Å². The van der Waals surface area contributed by atoms with Crippen molar-refractivity contribution in [2.45, 2.75) is 32.2 Å². The molecule has 1 aliphatic heterocycles. The fourth-order valence-electron chi connectivity index (χ4n) is 3.24. The first kappa shape index (κ1) is 22.4. The molecule has 1 atom stereocenters. The van der Waals surface area contributed by atoms with Crippen molar-refractivity contribution in [3.8, 4) is 0 Å². The molecule has 29 heavy (non-hydrogen) atoms. The number of amides is 4. The number of benzene rings is 1. The lowest BCUT2D eigenvalue weighted by atomic mass is 9.96. The van der Waals surface area contributed by atoms with Crippen LogP contribution in [0.25, 0.3) is 0 Å². The Morgan fingerprint density at radius 3 is 2.41 bits per heavy atom. The summed E-state index contributed by atoms with van der Waals surface area (Å²) in [5, 5.41) is 16.8. The first-order valence-electron chi connectivity index (χ1n) is 9.68. The number of nitrogens with zero attached hydrogens (tertiary/aromatic N) is 1. The third kappa shape index (κ3) is 7.19. The zero-order valence-corrected chi connectivity index (χ0v) is 16.5. The second kappa shape index (κ2) is 11.2. The number of carbonyl (C=O) groups excluding carboxylic acids is 4. The van der Waals surface area contributed by atoms with E-state index in [2.05, 4.69) is 16.0 Å². The van der Waals surface area contributed by atoms with Gasteiger partial charge in [0, 0.05) is 38.2 Å². The number of likely N-dealkylation sites (tertiary alicyclic amines) is 1. The molecule has 1 aromatic rings. The molecule has 0 radical (unpaired) electrons. The van der Waals surface area contributed by atoms with E-state index >= 15 is 0 Å². The molecule has 158 valence electrons. The molecule has 1 saturated heterocycles. The predicted octanol–water partition coefficient (Wildman–Crippen LogP) is 0.285. The summed E-state index contributed by atoms with van der Waals surface area (Å²) in [7, 11) is 0. The third-order valence-electron chi connectivity index (χ3n) is 4.78. The minimum absolute atomic E-state index is 0.0809. The molecular formula is C20H28N4O5. The molecule has 1 fully saturated rings. The number of nitrogens with one attached hydrogen (secondary N) is 3. The number of aldehydes is 1. The summed E-state index contributed by atoms with van der Waals surface area (Å²) in [6.07, 6.45) is 2.24. The first-order chi connectivity index (χ1) is 13.9. The van der Waals surface area contributed by atoms with E-state index in [4.69, 9.17) is 5.11 Å². The highest BCUT2D eigenvalue weighted by molar-refractivity contribution is 5.89. The molecule has 9 heteroatoms. The Kier molecular flexibility index (Phi) is 8.60. The van der Waals surface area contributed by atoms with Crippen LogP contribution in [0.4, 0.5) is 10.5 Å². The summed E-state index contributed by atoms with van der Waals surface area (Å²) in [6.45, 7) is 2.49. The number of urea groups is 1. The van der Waals surface area contributed by atoms with Crippen molar-refractivity contribution in [2.75, 3.05) is 31.6 Å². The van der Waals surface area contributed by atoms with Gasteiger partial charge in [-0.3, -0.25) is 9.59 Å². The van der Waals surface area contributed by atoms with E-state index in [0.717, 1.165) is 5.56 Å². The number of hydrogen-bond donors (Lipinski definition) is 4. The van der Waals surface area contributed by atoms with Gasteiger partial charge in [0.2, 0.25) is 11.8 Å². The first-order valence-corrected chi connectivity index (χ1v) is 9.68. The number of anilines is 1. The number of piperidine rings is 1. The van der Waals surface area contributed by atoms with Crippen LogP contribution in [0.2, 0.25) is 0 Å². The van der Waals surface area contributed by atoms with E-state index in [1.165, 1.54) is 6.92 Å². The lowest BCUT2D eigenvalue weighted by Crippen LogP contribution is -2.44. The maximum absolute atomic E-state index is 12.4. The second-order valence-corrected chi connectivity index (χ2v) is 7.05. The molecule has 1 aliphatic rings. The van der Waals surface area contributed by atoms with E-state index in [1.54, 1.807) is 29.2 Å². The third-order valence-corrected chi connectivity index (χ3v) is 4.78. The maximum atomic E-state index is 12.4. The van der Waals surface area contributed by atoms with Gasteiger partial charge in [-0.1, -0.05) is 12.1 Å². The van der Waals surface area contributed by atoms with Crippen LogP contribution in [-0.4, -0.2) is 66.4 Å². The van der Waals surface area contributed by atoms with Gasteiger partial charge in [-0.2, -0.15) is 0 Å². The number of hydrogen-bond acceptors (Lipinski definition) is 5. The van der Waals surface area contributed by atoms with Crippen molar-refractivity contribution in [3.63, 3.8) is 0 Å². The minimum Gasteiger partial charge on any atom is -0.395 e. The Hall–Kier alpha value is -2.94. The van der Waals surface area contributed by atoms with Crippen molar-refractivity contribution in [3.05, 3.63) is 29.8 Å². The lowest BCUT2D eigenvalue weighted by Gasteiger charge is -2.31. The SMILES string of the molecule is CC(=O)NC(C=O)Cc1ccc(NC(=O)N2CCC(C(=O)NCCO)CC2)cc1. The predicted molar refractivity (Wildman–Crippen MR) is 107 cm³/mol. The molecule has 1 unspecified atom stereocenters. The summed E-state index contributed by atoms with van der Waals surface area (Å²) >= 11 is 0. The van der Waals surface area contributed by atoms with E-state index < -0.39 is 6.04 Å². The normalized spacial score (nSPS) is 15.3. The molecule has 4 N–H and O–H groups in total. The topological polar surface area (TPSA) is 128 Å². The van der Waals surface area contributed by atoms with Crippen LogP contribution < -0.4 is 16.0 Å². The van der Waals surface area contributed by atoms with E-state index in [-0.39, 0.29) is 36.9 Å². The van der Waals surface area contributed by atoms with Crippen molar-refractivity contribution >= 4 is 29.8 Å². The summed E-state index contributed by atoms with van der Waals surface area (Å²) in [4.78, 5) is 48.1. The highest BCUT2D eigenvalue weighted by Gasteiger charge is 2.27. The highest BCUT2D eigenvalue weighted by atomic mass is 16.3. The zero-order chi connectivity index (χ0) is 21.2. The summed E-state index contributed by atoms with van der Waals surface area (Å²) in [5.41, 5.74) is 1.49. The van der Waals surface area contributed by atoms with Gasteiger partial charge in [-0.25, -0.2) is 4.79 Å². The summed E-state index contributed by atoms with van der Waals surface area (Å²) < 4.78 is 0. The average Bonchev–Trinajstić information content (AvgIpc) is 2.72. The molecule has 0 saturated carbocycles. The van der Waals surface area contributed by atoms with Gasteiger partial charge in [0.05, 0.1) is 12.6 Å². The van der Waals surface area contributed by atoms with Crippen LogP contribution in [0.5, 0.6) is 0 Å².